The largest absolute Gasteiger partial charge is 0.507 e. The van der Waals surface area contributed by atoms with E-state index in [2.05, 4.69) is 4.98 Å². The van der Waals surface area contributed by atoms with Crippen molar-refractivity contribution in [1.29, 1.82) is 0 Å². The van der Waals surface area contributed by atoms with E-state index < -0.39 is 23.5 Å². The van der Waals surface area contributed by atoms with Gasteiger partial charge in [-0.25, -0.2) is 4.39 Å². The number of ketones is 1. The highest BCUT2D eigenvalue weighted by Crippen LogP contribution is 2.39. The third-order valence-electron chi connectivity index (χ3n) is 6.14. The number of rotatable bonds is 5. The van der Waals surface area contributed by atoms with Crippen LogP contribution in [0.1, 0.15) is 22.7 Å². The lowest BCUT2D eigenvalue weighted by atomic mass is 9.95. The van der Waals surface area contributed by atoms with Crippen molar-refractivity contribution < 1.29 is 19.1 Å². The number of hydrogen-bond donors (Lipinski definition) is 2. The van der Waals surface area contributed by atoms with Crippen molar-refractivity contribution in [3.63, 3.8) is 0 Å². The van der Waals surface area contributed by atoms with Gasteiger partial charge in [-0.15, -0.1) is 0 Å². The second-order valence-electron chi connectivity index (χ2n) is 8.16. The lowest BCUT2D eigenvalue weighted by Crippen LogP contribution is -2.31. The summed E-state index contributed by atoms with van der Waals surface area (Å²) in [5.74, 6) is -2.21. The van der Waals surface area contributed by atoms with Crippen molar-refractivity contribution >= 4 is 40.0 Å². The zero-order chi connectivity index (χ0) is 23.8. The summed E-state index contributed by atoms with van der Waals surface area (Å²) >= 11 is 5.96. The Balaban J connectivity index is 1.56. The number of nitrogens with zero attached hydrogens (tertiary/aromatic N) is 1. The molecule has 1 aliphatic rings. The molecule has 0 radical (unpaired) electrons. The van der Waals surface area contributed by atoms with Crippen molar-refractivity contribution in [3.8, 4) is 0 Å². The first-order valence-corrected chi connectivity index (χ1v) is 11.2. The maximum absolute atomic E-state index is 13.6. The van der Waals surface area contributed by atoms with Crippen molar-refractivity contribution in [3.05, 3.63) is 112 Å². The average molecular weight is 475 g/mol. The Morgan fingerprint density at radius 1 is 1.00 bits per heavy atom. The molecule has 1 fully saturated rings. The monoisotopic (exact) mass is 474 g/mol. The van der Waals surface area contributed by atoms with Gasteiger partial charge in [0.05, 0.1) is 11.6 Å². The van der Waals surface area contributed by atoms with Crippen molar-refractivity contribution in [2.75, 3.05) is 6.54 Å². The topological polar surface area (TPSA) is 73.4 Å². The number of fused-ring (bicyclic) bond motifs is 1. The third kappa shape index (κ3) is 3.86. The number of aromatic amines is 1. The zero-order valence-electron chi connectivity index (χ0n) is 18.0. The minimum atomic E-state index is -0.846. The van der Waals surface area contributed by atoms with E-state index in [-0.39, 0.29) is 17.9 Å². The highest BCUT2D eigenvalue weighted by molar-refractivity contribution is 6.46. The van der Waals surface area contributed by atoms with Gasteiger partial charge in [0.2, 0.25) is 0 Å². The van der Waals surface area contributed by atoms with Crippen molar-refractivity contribution in [2.24, 2.45) is 0 Å². The summed E-state index contributed by atoms with van der Waals surface area (Å²) in [4.78, 5) is 30.9. The minimum Gasteiger partial charge on any atom is -0.507 e. The van der Waals surface area contributed by atoms with E-state index in [0.717, 1.165) is 16.5 Å². The molecule has 170 valence electrons. The molecule has 1 atom stereocenters. The Hall–Kier alpha value is -3.90. The van der Waals surface area contributed by atoms with Crippen LogP contribution in [0.25, 0.3) is 16.7 Å². The van der Waals surface area contributed by atoms with Crippen LogP contribution in [-0.2, 0) is 16.0 Å². The molecule has 34 heavy (non-hydrogen) atoms. The number of carbonyl (C=O) groups excluding carboxylic acids is 2. The maximum atomic E-state index is 13.6. The molecule has 0 spiro atoms. The molecular weight excluding hydrogens is 455 g/mol. The molecular formula is C27H20ClFN2O3. The Labute approximate surface area is 200 Å². The SMILES string of the molecule is O=C1C(=O)N(CCc2c[nH]c3ccccc23)[C@@H](c2ccc(F)cc2)C1=C(O)c1ccc(Cl)cc1. The lowest BCUT2D eigenvalue weighted by molar-refractivity contribution is -0.139. The van der Waals surface area contributed by atoms with Gasteiger partial charge < -0.3 is 15.0 Å². The number of halogens is 2. The summed E-state index contributed by atoms with van der Waals surface area (Å²) < 4.78 is 13.6. The summed E-state index contributed by atoms with van der Waals surface area (Å²) in [7, 11) is 0. The molecule has 1 aromatic heterocycles. The predicted molar refractivity (Wildman–Crippen MR) is 129 cm³/mol. The minimum absolute atomic E-state index is 0.0298. The van der Waals surface area contributed by atoms with Crippen molar-refractivity contribution in [2.45, 2.75) is 12.5 Å². The van der Waals surface area contributed by atoms with Gasteiger partial charge >= 0.3 is 0 Å². The third-order valence-corrected chi connectivity index (χ3v) is 6.39. The summed E-state index contributed by atoms with van der Waals surface area (Å²) in [6.45, 7) is 0.242. The van der Waals surface area contributed by atoms with Crippen LogP contribution in [0.5, 0.6) is 0 Å². The summed E-state index contributed by atoms with van der Waals surface area (Å²) in [6.07, 6.45) is 2.39. The molecule has 3 aromatic carbocycles. The summed E-state index contributed by atoms with van der Waals surface area (Å²) in [5.41, 5.74) is 2.87. The Bertz CT molecular complexity index is 1420. The van der Waals surface area contributed by atoms with Crippen LogP contribution < -0.4 is 0 Å². The van der Waals surface area contributed by atoms with Crippen LogP contribution in [0.4, 0.5) is 4.39 Å². The molecule has 0 unspecified atom stereocenters. The number of amides is 1. The fourth-order valence-electron chi connectivity index (χ4n) is 4.44. The van der Waals surface area contributed by atoms with E-state index in [1.165, 1.54) is 29.2 Å². The van der Waals surface area contributed by atoms with Crippen LogP contribution >= 0.6 is 11.6 Å². The van der Waals surface area contributed by atoms with E-state index >= 15 is 0 Å². The van der Waals surface area contributed by atoms with Gasteiger partial charge in [-0.05, 0) is 60.0 Å². The first kappa shape index (κ1) is 21.9. The van der Waals surface area contributed by atoms with Gasteiger partial charge in [-0.3, -0.25) is 9.59 Å². The standard InChI is InChI=1S/C27H20ClFN2O3/c28-19-9-5-17(6-10-19)25(32)23-24(16-7-11-20(29)12-8-16)31(27(34)26(23)33)14-13-18-15-30-22-4-2-1-3-21(18)22/h1-12,15,24,30,32H,13-14H2/t24-/m0/s1. The number of H-pyrrole nitrogens is 1. The highest BCUT2D eigenvalue weighted by atomic mass is 35.5. The number of hydrogen-bond acceptors (Lipinski definition) is 3. The number of benzene rings is 3. The molecule has 5 nitrogen and oxygen atoms in total. The van der Waals surface area contributed by atoms with E-state index in [1.807, 2.05) is 30.5 Å². The van der Waals surface area contributed by atoms with Crippen molar-refractivity contribution in [1.82, 2.24) is 9.88 Å². The lowest BCUT2D eigenvalue weighted by Gasteiger charge is -2.25. The molecule has 0 aliphatic carbocycles. The maximum Gasteiger partial charge on any atom is 0.295 e. The van der Waals surface area contributed by atoms with Gasteiger partial charge in [0.25, 0.3) is 11.7 Å². The van der Waals surface area contributed by atoms with Crippen LogP contribution in [0.3, 0.4) is 0 Å². The molecule has 2 N–H and O–H groups in total. The van der Waals surface area contributed by atoms with Gasteiger partial charge in [0, 0.05) is 34.2 Å². The van der Waals surface area contributed by atoms with Crippen LogP contribution in [-0.4, -0.2) is 33.2 Å². The molecule has 5 rings (SSSR count). The first-order valence-electron chi connectivity index (χ1n) is 10.8. The van der Waals surface area contributed by atoms with E-state index in [9.17, 15) is 19.1 Å². The molecule has 0 bridgehead atoms. The molecule has 2 heterocycles. The van der Waals surface area contributed by atoms with Crippen LogP contribution in [0.2, 0.25) is 5.02 Å². The first-order chi connectivity index (χ1) is 16.4. The molecule has 4 aromatic rings. The fourth-order valence-corrected chi connectivity index (χ4v) is 4.57. The van der Waals surface area contributed by atoms with Crippen LogP contribution in [0.15, 0.2) is 84.6 Å². The number of Topliss-reactive ketones (excluding diaryl/α,β-unsaturated/α-hetero) is 1. The Morgan fingerprint density at radius 3 is 2.44 bits per heavy atom. The molecule has 1 amide bonds. The fraction of sp³-hybridized carbons (Fsp3) is 0.111. The summed E-state index contributed by atoms with van der Waals surface area (Å²) in [6, 6.07) is 19.0. The molecule has 0 saturated carbocycles. The van der Waals surface area contributed by atoms with E-state index in [4.69, 9.17) is 11.6 Å². The highest BCUT2D eigenvalue weighted by Gasteiger charge is 2.45. The number of aliphatic hydroxyl groups excluding tert-OH is 1. The Kier molecular flexibility index (Phi) is 5.67. The molecule has 1 saturated heterocycles. The quantitative estimate of drug-likeness (QED) is 0.224. The van der Waals surface area contributed by atoms with Gasteiger partial charge in [0.15, 0.2) is 0 Å². The average Bonchev–Trinajstić information content (AvgIpc) is 3.37. The molecule has 1 aliphatic heterocycles. The van der Waals surface area contributed by atoms with Gasteiger partial charge in [-0.2, -0.15) is 0 Å². The van der Waals surface area contributed by atoms with E-state index in [0.29, 0.717) is 22.6 Å². The summed E-state index contributed by atoms with van der Waals surface area (Å²) in [5, 5.41) is 12.6. The smallest absolute Gasteiger partial charge is 0.295 e. The normalized spacial score (nSPS) is 17.6. The van der Waals surface area contributed by atoms with Crippen LogP contribution in [0, 0.1) is 5.82 Å². The van der Waals surface area contributed by atoms with Gasteiger partial charge in [0.1, 0.15) is 11.6 Å². The number of likely N-dealkylation sites (tertiary alicyclic amines) is 1. The number of carbonyl (C=O) groups is 2. The number of para-hydroxylation sites is 1. The van der Waals surface area contributed by atoms with Gasteiger partial charge in [-0.1, -0.05) is 41.9 Å². The second kappa shape index (κ2) is 8.80. The second-order valence-corrected chi connectivity index (χ2v) is 8.60. The number of aromatic nitrogens is 1. The number of aliphatic hydroxyl groups is 1. The zero-order valence-corrected chi connectivity index (χ0v) is 18.7. The number of nitrogens with one attached hydrogen (secondary N) is 1. The molecule has 7 heteroatoms. The Morgan fingerprint density at radius 2 is 1.71 bits per heavy atom. The van der Waals surface area contributed by atoms with E-state index in [1.54, 1.807) is 24.3 Å². The predicted octanol–water partition coefficient (Wildman–Crippen LogP) is 5.62.